The Labute approximate surface area is 88.7 Å². The highest BCUT2D eigenvalue weighted by atomic mass is 16.4. The van der Waals surface area contributed by atoms with Crippen LogP contribution in [0, 0.1) is 5.92 Å². The van der Waals surface area contributed by atoms with Gasteiger partial charge in [-0.1, -0.05) is 6.92 Å². The van der Waals surface area contributed by atoms with Crippen LogP contribution in [0.5, 0.6) is 0 Å². The predicted molar refractivity (Wildman–Crippen MR) is 53.5 cm³/mol. The van der Waals surface area contributed by atoms with E-state index >= 15 is 0 Å². The van der Waals surface area contributed by atoms with Crippen molar-refractivity contribution in [3.8, 4) is 0 Å². The van der Waals surface area contributed by atoms with Crippen LogP contribution >= 0.6 is 0 Å². The number of hydrogen-bond donors (Lipinski definition) is 3. The Morgan fingerprint density at radius 3 is 2.13 bits per heavy atom. The van der Waals surface area contributed by atoms with E-state index in [0.717, 1.165) is 0 Å². The molecule has 2 unspecified atom stereocenters. The van der Waals surface area contributed by atoms with Crippen molar-refractivity contribution in [2.75, 3.05) is 0 Å². The van der Waals surface area contributed by atoms with E-state index in [1.807, 2.05) is 6.92 Å². The number of aliphatic hydroxyl groups excluding tert-OH is 1. The average molecular weight is 218 g/mol. The molecule has 5 nitrogen and oxygen atoms in total. The molecule has 0 aliphatic carbocycles. The number of carbonyl (C=O) groups is 2. The topological polar surface area (TPSA) is 94.8 Å². The molecule has 0 spiro atoms. The van der Waals surface area contributed by atoms with Crippen LogP contribution in [0.25, 0.3) is 0 Å². The number of carboxylic acid groups (broad SMARTS) is 2. The van der Waals surface area contributed by atoms with Gasteiger partial charge in [0.15, 0.2) is 0 Å². The lowest BCUT2D eigenvalue weighted by atomic mass is 9.95. The summed E-state index contributed by atoms with van der Waals surface area (Å²) in [4.78, 5) is 21.0. The normalized spacial score (nSPS) is 14.5. The summed E-state index contributed by atoms with van der Waals surface area (Å²) in [6.45, 7) is 1.82. The van der Waals surface area contributed by atoms with Crippen LogP contribution in [0.1, 0.15) is 39.0 Å². The minimum Gasteiger partial charge on any atom is -0.481 e. The Balaban J connectivity index is 3.94. The molecule has 2 atom stereocenters. The molecule has 0 rings (SSSR count). The molecule has 0 aromatic rings. The molecule has 0 radical (unpaired) electrons. The Bertz CT molecular complexity index is 214. The third-order valence-electron chi connectivity index (χ3n) is 2.38. The Morgan fingerprint density at radius 1 is 1.13 bits per heavy atom. The standard InChI is InChI=1S/C10H18O5/c1-2-8(11)5-3-7(10(14)15)4-6-9(12)13/h7-8,11H,2-6H2,1H3,(H,12,13)(H,14,15). The van der Waals surface area contributed by atoms with Crippen molar-refractivity contribution in [3.05, 3.63) is 0 Å². The maximum absolute atomic E-state index is 10.7. The zero-order valence-electron chi connectivity index (χ0n) is 8.85. The van der Waals surface area contributed by atoms with E-state index in [1.165, 1.54) is 0 Å². The summed E-state index contributed by atoms with van der Waals surface area (Å²) in [7, 11) is 0. The number of aliphatic carboxylic acids is 2. The van der Waals surface area contributed by atoms with Crippen molar-refractivity contribution >= 4 is 11.9 Å². The quantitative estimate of drug-likeness (QED) is 0.567. The summed E-state index contributed by atoms with van der Waals surface area (Å²) in [5.74, 6) is -2.64. The first-order chi connectivity index (χ1) is 6.97. The van der Waals surface area contributed by atoms with Gasteiger partial charge in [-0.3, -0.25) is 9.59 Å². The summed E-state index contributed by atoms with van der Waals surface area (Å²) in [6, 6.07) is 0. The van der Waals surface area contributed by atoms with Crippen molar-refractivity contribution in [2.45, 2.75) is 45.1 Å². The second kappa shape index (κ2) is 7.23. The van der Waals surface area contributed by atoms with Gasteiger partial charge in [-0.15, -0.1) is 0 Å². The molecule has 5 heteroatoms. The summed E-state index contributed by atoms with van der Waals surface area (Å²) in [5, 5.41) is 26.5. The van der Waals surface area contributed by atoms with Gasteiger partial charge in [-0.2, -0.15) is 0 Å². The van der Waals surface area contributed by atoms with Crippen LogP contribution in [0.4, 0.5) is 0 Å². The SMILES string of the molecule is CCC(O)CCC(CCC(=O)O)C(=O)O. The molecule has 0 saturated heterocycles. The van der Waals surface area contributed by atoms with Crippen LogP contribution in [-0.4, -0.2) is 33.4 Å². The fourth-order valence-electron chi connectivity index (χ4n) is 1.29. The maximum Gasteiger partial charge on any atom is 0.306 e. The molecule has 0 aromatic heterocycles. The van der Waals surface area contributed by atoms with Gasteiger partial charge in [0.25, 0.3) is 0 Å². The van der Waals surface area contributed by atoms with Crippen molar-refractivity contribution in [1.29, 1.82) is 0 Å². The summed E-state index contributed by atoms with van der Waals surface area (Å²) >= 11 is 0. The van der Waals surface area contributed by atoms with Crippen LogP contribution in [-0.2, 0) is 9.59 Å². The lowest BCUT2D eigenvalue weighted by molar-refractivity contribution is -0.143. The summed E-state index contributed by atoms with van der Waals surface area (Å²) in [6.07, 6.45) is 0.827. The average Bonchev–Trinajstić information content (AvgIpc) is 2.16. The molecule has 15 heavy (non-hydrogen) atoms. The van der Waals surface area contributed by atoms with E-state index < -0.39 is 24.0 Å². The van der Waals surface area contributed by atoms with Gasteiger partial charge >= 0.3 is 11.9 Å². The first-order valence-corrected chi connectivity index (χ1v) is 5.10. The maximum atomic E-state index is 10.7. The minimum atomic E-state index is -0.989. The summed E-state index contributed by atoms with van der Waals surface area (Å²) < 4.78 is 0. The van der Waals surface area contributed by atoms with E-state index in [4.69, 9.17) is 10.2 Å². The van der Waals surface area contributed by atoms with Crippen LogP contribution in [0.15, 0.2) is 0 Å². The first-order valence-electron chi connectivity index (χ1n) is 5.10. The Morgan fingerprint density at radius 2 is 1.73 bits per heavy atom. The number of aliphatic hydroxyl groups is 1. The van der Waals surface area contributed by atoms with Gasteiger partial charge in [0, 0.05) is 6.42 Å². The fraction of sp³-hybridized carbons (Fsp3) is 0.800. The van der Waals surface area contributed by atoms with Gasteiger partial charge < -0.3 is 15.3 Å². The number of carboxylic acids is 2. The molecular formula is C10H18O5. The van der Waals surface area contributed by atoms with E-state index in [1.54, 1.807) is 0 Å². The fourth-order valence-corrected chi connectivity index (χ4v) is 1.29. The van der Waals surface area contributed by atoms with Gasteiger partial charge in [-0.05, 0) is 25.7 Å². The smallest absolute Gasteiger partial charge is 0.306 e. The van der Waals surface area contributed by atoms with Gasteiger partial charge in [0.1, 0.15) is 0 Å². The molecule has 0 fully saturated rings. The Hall–Kier alpha value is -1.10. The van der Waals surface area contributed by atoms with E-state index in [2.05, 4.69) is 0 Å². The minimum absolute atomic E-state index is 0.126. The number of rotatable bonds is 8. The molecule has 0 bridgehead atoms. The van der Waals surface area contributed by atoms with Crippen molar-refractivity contribution in [2.24, 2.45) is 5.92 Å². The molecular weight excluding hydrogens is 200 g/mol. The third-order valence-corrected chi connectivity index (χ3v) is 2.38. The van der Waals surface area contributed by atoms with Crippen molar-refractivity contribution in [3.63, 3.8) is 0 Å². The van der Waals surface area contributed by atoms with Crippen molar-refractivity contribution < 1.29 is 24.9 Å². The highest BCUT2D eigenvalue weighted by molar-refractivity contribution is 5.72. The van der Waals surface area contributed by atoms with Crippen molar-refractivity contribution in [1.82, 2.24) is 0 Å². The highest BCUT2D eigenvalue weighted by Gasteiger charge is 2.19. The van der Waals surface area contributed by atoms with Gasteiger partial charge in [-0.25, -0.2) is 0 Å². The largest absolute Gasteiger partial charge is 0.481 e. The first kappa shape index (κ1) is 13.9. The Kier molecular flexibility index (Phi) is 6.70. The molecule has 0 aliphatic rings. The monoisotopic (exact) mass is 218 g/mol. The zero-order valence-corrected chi connectivity index (χ0v) is 8.85. The third kappa shape index (κ3) is 6.90. The van der Waals surface area contributed by atoms with E-state index in [9.17, 15) is 14.7 Å². The van der Waals surface area contributed by atoms with E-state index in [-0.39, 0.29) is 12.8 Å². The van der Waals surface area contributed by atoms with Gasteiger partial charge in [0.2, 0.25) is 0 Å². The lowest BCUT2D eigenvalue weighted by Crippen LogP contribution is -2.17. The second-order valence-electron chi connectivity index (χ2n) is 3.61. The summed E-state index contributed by atoms with van der Waals surface area (Å²) in [5.41, 5.74) is 0. The molecule has 0 saturated carbocycles. The zero-order chi connectivity index (χ0) is 11.8. The molecule has 0 amide bonds. The van der Waals surface area contributed by atoms with Gasteiger partial charge in [0.05, 0.1) is 12.0 Å². The number of hydrogen-bond acceptors (Lipinski definition) is 3. The molecule has 0 heterocycles. The lowest BCUT2D eigenvalue weighted by Gasteiger charge is -2.13. The second-order valence-corrected chi connectivity index (χ2v) is 3.61. The van der Waals surface area contributed by atoms with Crippen LogP contribution < -0.4 is 0 Å². The molecule has 88 valence electrons. The molecule has 0 aliphatic heterocycles. The molecule has 0 aromatic carbocycles. The predicted octanol–water partition coefficient (Wildman–Crippen LogP) is 1.10. The van der Waals surface area contributed by atoms with Crippen LogP contribution in [0.3, 0.4) is 0 Å². The van der Waals surface area contributed by atoms with E-state index in [0.29, 0.717) is 19.3 Å². The molecule has 3 N–H and O–H groups in total. The van der Waals surface area contributed by atoms with Crippen LogP contribution in [0.2, 0.25) is 0 Å². The highest BCUT2D eigenvalue weighted by Crippen LogP contribution is 2.16.